The number of fused-ring (bicyclic) bond motifs is 1. The molecule has 0 saturated carbocycles. The number of nitrogens with zero attached hydrogens (tertiary/aromatic N) is 2. The summed E-state index contributed by atoms with van der Waals surface area (Å²) in [6.45, 7) is 4.50. The van der Waals surface area contributed by atoms with E-state index >= 15 is 0 Å². The van der Waals surface area contributed by atoms with Gasteiger partial charge in [0.1, 0.15) is 23.6 Å². The molecule has 10 heteroatoms. The molecule has 1 heterocycles. The van der Waals surface area contributed by atoms with Gasteiger partial charge in [0, 0.05) is 24.4 Å². The van der Waals surface area contributed by atoms with Crippen LogP contribution in [0.15, 0.2) is 24.3 Å². The predicted octanol–water partition coefficient (Wildman–Crippen LogP) is 1.93. The molecule has 2 aromatic rings. The van der Waals surface area contributed by atoms with Crippen molar-refractivity contribution in [2.45, 2.75) is 44.8 Å². The average molecular weight is 496 g/mol. The Bertz CT molecular complexity index is 1010. The summed E-state index contributed by atoms with van der Waals surface area (Å²) in [5.74, 6) is -3.98. The van der Waals surface area contributed by atoms with Crippen LogP contribution in [0.2, 0.25) is 0 Å². The third kappa shape index (κ3) is 4.49. The molecular weight excluding hydrogens is 470 g/mol. The van der Waals surface area contributed by atoms with Crippen molar-refractivity contribution in [2.24, 2.45) is 12.8 Å². The van der Waals surface area contributed by atoms with E-state index in [1.165, 1.54) is 13.8 Å². The summed E-state index contributed by atoms with van der Waals surface area (Å²) in [7, 11) is 1.67. The second-order valence-corrected chi connectivity index (χ2v) is 8.49. The standard InChI is InChI=1S/C21H26BrN3O6/c1-11-13-7-5-6-8-14(13)24(4)16(11)18(27)25(21(2,3)17(23)20(30)31)15(19(28)29)9-12(26)10-22/h5-8,15,17H,9-10,23H2,1-4H3,(H,28,29)(H,30,31)/t15?,17-/m1/s1. The fraction of sp³-hybridized carbons (Fsp3) is 0.429. The van der Waals surface area contributed by atoms with Crippen molar-refractivity contribution in [1.29, 1.82) is 0 Å². The minimum absolute atomic E-state index is 0.0999. The molecule has 0 bridgehead atoms. The van der Waals surface area contributed by atoms with E-state index < -0.39 is 47.7 Å². The number of carboxylic acids is 2. The van der Waals surface area contributed by atoms with Gasteiger partial charge < -0.3 is 25.4 Å². The number of halogens is 1. The molecule has 0 fully saturated rings. The van der Waals surface area contributed by atoms with E-state index in [0.717, 1.165) is 15.8 Å². The van der Waals surface area contributed by atoms with E-state index in [0.29, 0.717) is 5.56 Å². The number of aromatic nitrogens is 1. The lowest BCUT2D eigenvalue weighted by atomic mass is 9.89. The van der Waals surface area contributed by atoms with Gasteiger partial charge in [0.25, 0.3) is 5.91 Å². The average Bonchev–Trinajstić information content (AvgIpc) is 2.96. The highest BCUT2D eigenvalue weighted by atomic mass is 79.9. The predicted molar refractivity (Wildman–Crippen MR) is 118 cm³/mol. The van der Waals surface area contributed by atoms with Crippen LogP contribution >= 0.6 is 15.9 Å². The fourth-order valence-electron chi connectivity index (χ4n) is 3.82. The van der Waals surface area contributed by atoms with E-state index in [9.17, 15) is 29.4 Å². The minimum Gasteiger partial charge on any atom is -0.480 e. The summed E-state index contributed by atoms with van der Waals surface area (Å²) >= 11 is 3.00. The van der Waals surface area contributed by atoms with Gasteiger partial charge in [-0.25, -0.2) is 4.79 Å². The number of nitrogens with two attached hydrogens (primary N) is 1. The molecule has 0 aliphatic heterocycles. The van der Waals surface area contributed by atoms with Crippen molar-refractivity contribution < 1.29 is 29.4 Å². The molecule has 2 rings (SSSR count). The second kappa shape index (κ2) is 9.19. The van der Waals surface area contributed by atoms with Crippen LogP contribution in [0.25, 0.3) is 10.9 Å². The molecule has 1 aromatic heterocycles. The zero-order valence-electron chi connectivity index (χ0n) is 17.8. The van der Waals surface area contributed by atoms with Crippen LogP contribution in [-0.4, -0.2) is 66.3 Å². The van der Waals surface area contributed by atoms with Crippen LogP contribution in [0.4, 0.5) is 0 Å². The first-order chi connectivity index (χ1) is 14.4. The van der Waals surface area contributed by atoms with Crippen LogP contribution < -0.4 is 5.73 Å². The SMILES string of the molecule is Cc1c(C(=O)N(C(CC(=O)CBr)C(=O)O)C(C)(C)[C@H](N)C(=O)O)n(C)c2ccccc12. The molecule has 0 radical (unpaired) electrons. The molecule has 1 amide bonds. The summed E-state index contributed by atoms with van der Waals surface area (Å²) in [4.78, 5) is 50.7. The molecular formula is C21H26BrN3O6. The third-order valence-corrected chi connectivity index (χ3v) is 6.22. The van der Waals surface area contributed by atoms with E-state index in [4.69, 9.17) is 5.73 Å². The zero-order chi connectivity index (χ0) is 23.7. The maximum atomic E-state index is 13.8. The topological polar surface area (TPSA) is 143 Å². The van der Waals surface area contributed by atoms with Crippen molar-refractivity contribution >= 4 is 50.5 Å². The summed E-state index contributed by atoms with van der Waals surface area (Å²) in [5, 5.41) is 20.1. The second-order valence-electron chi connectivity index (χ2n) is 7.92. The lowest BCUT2D eigenvalue weighted by molar-refractivity contribution is -0.150. The number of para-hydroxylation sites is 1. The Morgan fingerprint density at radius 3 is 2.23 bits per heavy atom. The number of carbonyl (C=O) groups excluding carboxylic acids is 2. The van der Waals surface area contributed by atoms with E-state index in [1.807, 2.05) is 24.3 Å². The Kier molecular flexibility index (Phi) is 7.28. The number of hydrogen-bond donors (Lipinski definition) is 3. The number of aryl methyl sites for hydroxylation is 2. The normalized spacial score (nSPS) is 13.6. The number of carboxylic acid groups (broad SMARTS) is 2. The van der Waals surface area contributed by atoms with Crippen LogP contribution in [0.5, 0.6) is 0 Å². The van der Waals surface area contributed by atoms with E-state index in [2.05, 4.69) is 15.9 Å². The molecule has 31 heavy (non-hydrogen) atoms. The van der Waals surface area contributed by atoms with Crippen LogP contribution in [0.1, 0.15) is 36.3 Å². The molecule has 0 saturated heterocycles. The lowest BCUT2D eigenvalue weighted by Crippen LogP contribution is -2.65. The summed E-state index contributed by atoms with van der Waals surface area (Å²) in [5.41, 5.74) is 5.82. The van der Waals surface area contributed by atoms with Crippen LogP contribution in [-0.2, 0) is 21.4 Å². The molecule has 1 unspecified atom stereocenters. The number of benzene rings is 1. The maximum Gasteiger partial charge on any atom is 0.326 e. The monoisotopic (exact) mass is 495 g/mol. The number of Topliss-reactive ketones (excluding diaryl/α,β-unsaturated/α-hetero) is 1. The van der Waals surface area contributed by atoms with Gasteiger partial charge in [0.05, 0.1) is 10.9 Å². The van der Waals surface area contributed by atoms with Crippen LogP contribution in [0.3, 0.4) is 0 Å². The Morgan fingerprint density at radius 2 is 1.74 bits per heavy atom. The first-order valence-corrected chi connectivity index (χ1v) is 10.6. The summed E-state index contributed by atoms with van der Waals surface area (Å²) in [6.07, 6.45) is -0.495. The van der Waals surface area contributed by atoms with Crippen molar-refractivity contribution in [3.05, 3.63) is 35.5 Å². The smallest absolute Gasteiger partial charge is 0.326 e. The fourth-order valence-corrected chi connectivity index (χ4v) is 4.05. The largest absolute Gasteiger partial charge is 0.480 e. The first kappa shape index (κ1) is 24.5. The zero-order valence-corrected chi connectivity index (χ0v) is 19.3. The van der Waals surface area contributed by atoms with E-state index in [-0.39, 0.29) is 11.0 Å². The Hall–Kier alpha value is -2.72. The van der Waals surface area contributed by atoms with Crippen molar-refractivity contribution in [1.82, 2.24) is 9.47 Å². The molecule has 2 atom stereocenters. The summed E-state index contributed by atoms with van der Waals surface area (Å²) in [6, 6.07) is 4.10. The first-order valence-electron chi connectivity index (χ1n) is 9.52. The molecule has 0 aliphatic rings. The maximum absolute atomic E-state index is 13.8. The molecule has 4 N–H and O–H groups in total. The van der Waals surface area contributed by atoms with Gasteiger partial charge in [-0.15, -0.1) is 0 Å². The Labute approximate surface area is 187 Å². The third-order valence-electron chi connectivity index (χ3n) is 5.60. The Morgan fingerprint density at radius 1 is 1.16 bits per heavy atom. The minimum atomic E-state index is -1.62. The quantitative estimate of drug-likeness (QED) is 0.450. The van der Waals surface area contributed by atoms with Gasteiger partial charge in [-0.1, -0.05) is 34.1 Å². The Balaban J connectivity index is 2.75. The number of aliphatic carboxylic acids is 2. The van der Waals surface area contributed by atoms with Crippen molar-refractivity contribution in [3.63, 3.8) is 0 Å². The van der Waals surface area contributed by atoms with Gasteiger partial charge in [-0.3, -0.25) is 14.4 Å². The highest BCUT2D eigenvalue weighted by Crippen LogP contribution is 2.31. The van der Waals surface area contributed by atoms with Gasteiger partial charge in [0.15, 0.2) is 0 Å². The van der Waals surface area contributed by atoms with E-state index in [1.54, 1.807) is 18.5 Å². The number of carbonyl (C=O) groups is 4. The van der Waals surface area contributed by atoms with Gasteiger partial charge in [-0.05, 0) is 32.4 Å². The molecule has 1 aromatic carbocycles. The molecule has 168 valence electrons. The highest BCUT2D eigenvalue weighted by Gasteiger charge is 2.47. The number of ketones is 1. The number of hydrogen-bond acceptors (Lipinski definition) is 5. The number of amides is 1. The van der Waals surface area contributed by atoms with Crippen LogP contribution in [0, 0.1) is 6.92 Å². The lowest BCUT2D eigenvalue weighted by Gasteiger charge is -2.44. The van der Waals surface area contributed by atoms with Gasteiger partial charge in [0.2, 0.25) is 0 Å². The van der Waals surface area contributed by atoms with Gasteiger partial charge in [-0.2, -0.15) is 0 Å². The molecule has 0 aliphatic carbocycles. The highest BCUT2D eigenvalue weighted by molar-refractivity contribution is 9.09. The number of alkyl halides is 1. The van der Waals surface area contributed by atoms with Gasteiger partial charge >= 0.3 is 11.9 Å². The van der Waals surface area contributed by atoms with Crippen molar-refractivity contribution in [2.75, 3.05) is 5.33 Å². The molecule has 9 nitrogen and oxygen atoms in total. The number of rotatable bonds is 9. The van der Waals surface area contributed by atoms with Crippen molar-refractivity contribution in [3.8, 4) is 0 Å². The molecule has 0 spiro atoms. The summed E-state index contributed by atoms with van der Waals surface area (Å²) < 4.78 is 1.63.